The Morgan fingerprint density at radius 2 is 1.85 bits per heavy atom. The van der Waals surface area contributed by atoms with Crippen molar-refractivity contribution in [2.24, 2.45) is 24.3 Å². The van der Waals surface area contributed by atoms with Gasteiger partial charge in [-0.1, -0.05) is 22.0 Å². The van der Waals surface area contributed by atoms with E-state index in [9.17, 15) is 14.7 Å². The maximum atomic E-state index is 11.9. The Bertz CT molecular complexity index is 807. The van der Waals surface area contributed by atoms with Gasteiger partial charge in [-0.3, -0.25) is 13.9 Å². The molecule has 0 aliphatic carbocycles. The molecule has 0 aliphatic rings. The maximum absolute atomic E-state index is 11.9. The summed E-state index contributed by atoms with van der Waals surface area (Å²) in [6.45, 7) is 0. The van der Waals surface area contributed by atoms with Crippen molar-refractivity contribution in [3.63, 3.8) is 0 Å². The number of halogens is 1. The van der Waals surface area contributed by atoms with Crippen LogP contribution in [-0.4, -0.2) is 14.2 Å². The summed E-state index contributed by atoms with van der Waals surface area (Å²) in [5.41, 5.74) is -1.11. The fourth-order valence-electron chi connectivity index (χ4n) is 1.55. The molecule has 0 saturated heterocycles. The standard InChI is InChI=1S/C12H11BrN4O3/c1-16-10(18)9(11(19)17(2)12(16)20)15-14-8-5-3-4-7(13)6-8/h3-6,18H,1-2H3. The SMILES string of the molecule is Cn1c(O)c(N=Nc2cccc(Br)c2)c(=O)n(C)c1=O. The summed E-state index contributed by atoms with van der Waals surface area (Å²) in [6, 6.07) is 6.98. The number of aromatic nitrogens is 2. The number of azo groups is 1. The number of aromatic hydroxyl groups is 1. The molecule has 8 heteroatoms. The first-order valence-electron chi connectivity index (χ1n) is 5.58. The minimum Gasteiger partial charge on any atom is -0.493 e. The Balaban J connectivity index is 2.55. The largest absolute Gasteiger partial charge is 0.493 e. The van der Waals surface area contributed by atoms with Crippen molar-refractivity contribution in [1.29, 1.82) is 0 Å². The molecule has 1 aromatic carbocycles. The van der Waals surface area contributed by atoms with Crippen LogP contribution in [0.15, 0.2) is 48.6 Å². The third-order valence-corrected chi connectivity index (χ3v) is 3.18. The van der Waals surface area contributed by atoms with Gasteiger partial charge in [-0.2, -0.15) is 5.11 Å². The minimum absolute atomic E-state index is 0.283. The maximum Gasteiger partial charge on any atom is 0.333 e. The fraction of sp³-hybridized carbons (Fsp3) is 0.167. The second-order valence-corrected chi connectivity index (χ2v) is 4.97. The summed E-state index contributed by atoms with van der Waals surface area (Å²) in [4.78, 5) is 23.4. The summed E-state index contributed by atoms with van der Waals surface area (Å²) in [5, 5.41) is 17.4. The zero-order chi connectivity index (χ0) is 14.9. The van der Waals surface area contributed by atoms with Crippen molar-refractivity contribution in [2.75, 3.05) is 0 Å². The smallest absolute Gasteiger partial charge is 0.333 e. The minimum atomic E-state index is -0.704. The highest BCUT2D eigenvalue weighted by Gasteiger charge is 2.14. The van der Waals surface area contributed by atoms with Crippen LogP contribution >= 0.6 is 15.9 Å². The third kappa shape index (κ3) is 2.55. The van der Waals surface area contributed by atoms with Gasteiger partial charge < -0.3 is 5.11 Å². The first-order valence-corrected chi connectivity index (χ1v) is 6.37. The van der Waals surface area contributed by atoms with Crippen LogP contribution in [0.5, 0.6) is 5.88 Å². The van der Waals surface area contributed by atoms with Crippen LogP contribution in [0.1, 0.15) is 0 Å². The molecule has 0 aliphatic heterocycles. The Morgan fingerprint density at radius 1 is 1.15 bits per heavy atom. The van der Waals surface area contributed by atoms with E-state index in [-0.39, 0.29) is 5.69 Å². The van der Waals surface area contributed by atoms with Gasteiger partial charge in [0, 0.05) is 18.6 Å². The Labute approximate surface area is 122 Å². The Kier molecular flexibility index (Phi) is 3.84. The van der Waals surface area contributed by atoms with Gasteiger partial charge in [-0.25, -0.2) is 4.79 Å². The van der Waals surface area contributed by atoms with Gasteiger partial charge in [-0.15, -0.1) is 5.11 Å². The van der Waals surface area contributed by atoms with E-state index >= 15 is 0 Å². The van der Waals surface area contributed by atoms with Crippen LogP contribution in [0.2, 0.25) is 0 Å². The number of hydrogen-bond acceptors (Lipinski definition) is 5. The lowest BCUT2D eigenvalue weighted by atomic mass is 10.3. The molecular formula is C12H11BrN4O3. The molecule has 1 aromatic heterocycles. The van der Waals surface area contributed by atoms with Crippen LogP contribution in [0.4, 0.5) is 11.4 Å². The van der Waals surface area contributed by atoms with Crippen molar-refractivity contribution >= 4 is 27.3 Å². The van der Waals surface area contributed by atoms with E-state index in [0.29, 0.717) is 5.69 Å². The highest BCUT2D eigenvalue weighted by atomic mass is 79.9. The van der Waals surface area contributed by atoms with Crippen molar-refractivity contribution in [3.8, 4) is 5.88 Å². The van der Waals surface area contributed by atoms with Gasteiger partial charge in [-0.05, 0) is 18.2 Å². The molecule has 7 nitrogen and oxygen atoms in total. The lowest BCUT2D eigenvalue weighted by Crippen LogP contribution is -2.36. The molecule has 1 heterocycles. The van der Waals surface area contributed by atoms with Gasteiger partial charge >= 0.3 is 5.69 Å². The van der Waals surface area contributed by atoms with Gasteiger partial charge in [0.15, 0.2) is 0 Å². The molecule has 0 fully saturated rings. The van der Waals surface area contributed by atoms with E-state index in [4.69, 9.17) is 0 Å². The van der Waals surface area contributed by atoms with Gasteiger partial charge in [0.2, 0.25) is 11.6 Å². The van der Waals surface area contributed by atoms with Crippen molar-refractivity contribution in [3.05, 3.63) is 49.6 Å². The van der Waals surface area contributed by atoms with Crippen molar-refractivity contribution < 1.29 is 5.11 Å². The van der Waals surface area contributed by atoms with E-state index < -0.39 is 17.1 Å². The third-order valence-electron chi connectivity index (χ3n) is 2.68. The Morgan fingerprint density at radius 3 is 2.50 bits per heavy atom. The second-order valence-electron chi connectivity index (χ2n) is 4.06. The zero-order valence-electron chi connectivity index (χ0n) is 10.7. The fourth-order valence-corrected chi connectivity index (χ4v) is 1.94. The molecule has 0 unspecified atom stereocenters. The van der Waals surface area contributed by atoms with Crippen LogP contribution in [0, 0.1) is 0 Å². The molecule has 0 spiro atoms. The molecule has 0 atom stereocenters. The van der Waals surface area contributed by atoms with Gasteiger partial charge in [0.1, 0.15) is 0 Å². The molecule has 0 saturated carbocycles. The Hall–Kier alpha value is -2.22. The number of hydrogen-bond donors (Lipinski definition) is 1. The molecular weight excluding hydrogens is 328 g/mol. The number of benzene rings is 1. The van der Waals surface area contributed by atoms with E-state index in [1.807, 2.05) is 6.07 Å². The van der Waals surface area contributed by atoms with E-state index in [0.717, 1.165) is 13.6 Å². The van der Waals surface area contributed by atoms with Crippen LogP contribution < -0.4 is 11.2 Å². The quantitative estimate of drug-likeness (QED) is 0.849. The monoisotopic (exact) mass is 338 g/mol. The summed E-state index contributed by atoms with van der Waals surface area (Å²) in [6.07, 6.45) is 0. The summed E-state index contributed by atoms with van der Waals surface area (Å²) < 4.78 is 2.59. The molecule has 2 aromatic rings. The molecule has 0 radical (unpaired) electrons. The average Bonchev–Trinajstić information content (AvgIpc) is 2.43. The highest BCUT2D eigenvalue weighted by molar-refractivity contribution is 9.10. The average molecular weight is 339 g/mol. The van der Waals surface area contributed by atoms with E-state index in [1.54, 1.807) is 18.2 Å². The summed E-state index contributed by atoms with van der Waals surface area (Å²) in [5.74, 6) is -0.517. The molecule has 0 amide bonds. The van der Waals surface area contributed by atoms with Crippen LogP contribution in [0.3, 0.4) is 0 Å². The van der Waals surface area contributed by atoms with Gasteiger partial charge in [0.05, 0.1) is 5.69 Å². The number of nitrogens with zero attached hydrogens (tertiary/aromatic N) is 4. The predicted molar refractivity (Wildman–Crippen MR) is 76.9 cm³/mol. The van der Waals surface area contributed by atoms with Gasteiger partial charge in [0.25, 0.3) is 5.56 Å². The summed E-state index contributed by atoms with van der Waals surface area (Å²) in [7, 11) is 2.65. The van der Waals surface area contributed by atoms with Crippen molar-refractivity contribution in [2.45, 2.75) is 0 Å². The molecule has 0 bridgehead atoms. The number of rotatable bonds is 2. The summed E-state index contributed by atoms with van der Waals surface area (Å²) >= 11 is 3.29. The topological polar surface area (TPSA) is 88.9 Å². The molecule has 104 valence electrons. The normalized spacial score (nSPS) is 11.2. The van der Waals surface area contributed by atoms with E-state index in [2.05, 4.69) is 26.2 Å². The van der Waals surface area contributed by atoms with Crippen LogP contribution in [-0.2, 0) is 14.1 Å². The van der Waals surface area contributed by atoms with E-state index in [1.165, 1.54) is 14.1 Å². The lowest BCUT2D eigenvalue weighted by Gasteiger charge is -2.06. The zero-order valence-corrected chi connectivity index (χ0v) is 12.3. The van der Waals surface area contributed by atoms with Crippen LogP contribution in [0.25, 0.3) is 0 Å². The first kappa shape index (κ1) is 14.2. The highest BCUT2D eigenvalue weighted by Crippen LogP contribution is 2.23. The second kappa shape index (κ2) is 5.41. The molecule has 20 heavy (non-hydrogen) atoms. The molecule has 2 rings (SSSR count). The van der Waals surface area contributed by atoms with Crippen molar-refractivity contribution in [1.82, 2.24) is 9.13 Å². The molecule has 1 N–H and O–H groups in total. The first-order chi connectivity index (χ1) is 9.41. The predicted octanol–water partition coefficient (Wildman–Crippen LogP) is 1.97. The lowest BCUT2D eigenvalue weighted by molar-refractivity contribution is 0.413.